The molecule has 20 heavy (non-hydrogen) atoms. The Morgan fingerprint density at radius 3 is 2.25 bits per heavy atom. The molecule has 2 aromatic carbocycles. The largest absolute Gasteiger partial charge is 0.478 e. The lowest BCUT2D eigenvalue weighted by molar-refractivity contribution is 0.0696. The average Bonchev–Trinajstić information content (AvgIpc) is 2.38. The maximum Gasteiger partial charge on any atom is 0.335 e. The van der Waals surface area contributed by atoms with Gasteiger partial charge in [-0.25, -0.2) is 18.4 Å². The maximum absolute atomic E-state index is 11.1. The summed E-state index contributed by atoms with van der Waals surface area (Å²) in [7, 11) is -3.70. The highest BCUT2D eigenvalue weighted by Gasteiger charge is 2.08. The molecule has 0 saturated heterocycles. The van der Waals surface area contributed by atoms with Crippen LogP contribution in [0.3, 0.4) is 0 Å². The molecule has 3 N–H and O–H groups in total. The van der Waals surface area contributed by atoms with E-state index in [9.17, 15) is 13.2 Å². The van der Waals surface area contributed by atoms with E-state index in [1.807, 2.05) is 0 Å². The molecule has 0 spiro atoms. The zero-order chi connectivity index (χ0) is 14.8. The number of carbonyl (C=O) groups is 1. The van der Waals surface area contributed by atoms with Crippen molar-refractivity contribution in [1.82, 2.24) is 0 Å². The molecule has 0 aliphatic rings. The minimum Gasteiger partial charge on any atom is -0.478 e. The molecule has 2 rings (SSSR count). The van der Waals surface area contributed by atoms with Gasteiger partial charge in [-0.2, -0.15) is 0 Å². The molecule has 0 fully saturated rings. The Morgan fingerprint density at radius 2 is 1.70 bits per heavy atom. The number of aromatic carboxylic acids is 1. The van der Waals surface area contributed by atoms with Crippen molar-refractivity contribution in [2.45, 2.75) is 14.7 Å². The van der Waals surface area contributed by atoms with Gasteiger partial charge in [0.25, 0.3) is 0 Å². The lowest BCUT2D eigenvalue weighted by atomic mass is 10.2. The number of hydrogen-bond donors (Lipinski definition) is 2. The van der Waals surface area contributed by atoms with Crippen LogP contribution in [0.15, 0.2) is 63.2 Å². The average molecular weight is 309 g/mol. The summed E-state index contributed by atoms with van der Waals surface area (Å²) in [5.74, 6) is -0.989. The molecule has 0 aliphatic carbocycles. The minimum absolute atomic E-state index is 0.0427. The van der Waals surface area contributed by atoms with Gasteiger partial charge in [-0.05, 0) is 42.5 Å². The molecule has 7 heteroatoms. The van der Waals surface area contributed by atoms with Gasteiger partial charge in [0.05, 0.1) is 10.5 Å². The van der Waals surface area contributed by atoms with Crippen molar-refractivity contribution in [2.75, 3.05) is 0 Å². The van der Waals surface area contributed by atoms with E-state index < -0.39 is 16.0 Å². The summed E-state index contributed by atoms with van der Waals surface area (Å²) in [5.41, 5.74) is 0.205. The third-order valence-electron chi connectivity index (χ3n) is 2.47. The Kier molecular flexibility index (Phi) is 4.12. The molecule has 0 heterocycles. The number of benzene rings is 2. The number of hydrogen-bond acceptors (Lipinski definition) is 4. The molecule has 104 valence electrons. The Bertz CT molecular complexity index is 739. The molecule has 0 saturated carbocycles. The predicted molar refractivity (Wildman–Crippen MR) is 75.3 cm³/mol. The zero-order valence-electron chi connectivity index (χ0n) is 10.2. The fraction of sp³-hybridized carbons (Fsp3) is 0. The first-order chi connectivity index (χ1) is 9.36. The normalized spacial score (nSPS) is 11.2. The monoisotopic (exact) mass is 309 g/mol. The molecule has 0 atom stereocenters. The van der Waals surface area contributed by atoms with Crippen LogP contribution in [0.25, 0.3) is 0 Å². The van der Waals surface area contributed by atoms with E-state index in [0.29, 0.717) is 0 Å². The maximum atomic E-state index is 11.1. The Labute approximate surface area is 120 Å². The smallest absolute Gasteiger partial charge is 0.335 e. The van der Waals surface area contributed by atoms with Crippen LogP contribution in [-0.2, 0) is 10.0 Å². The third-order valence-corrected chi connectivity index (χ3v) is 4.40. The second-order valence-electron chi connectivity index (χ2n) is 3.95. The van der Waals surface area contributed by atoms with Crippen LogP contribution >= 0.6 is 11.8 Å². The molecule has 0 bridgehead atoms. The van der Waals surface area contributed by atoms with Crippen molar-refractivity contribution in [3.8, 4) is 0 Å². The summed E-state index contributed by atoms with van der Waals surface area (Å²) in [6, 6.07) is 12.6. The minimum atomic E-state index is -3.70. The molecule has 0 aromatic heterocycles. The van der Waals surface area contributed by atoms with Gasteiger partial charge in [0, 0.05) is 9.79 Å². The quantitative estimate of drug-likeness (QED) is 0.902. The first-order valence-corrected chi connectivity index (χ1v) is 7.86. The number of carboxylic acid groups (broad SMARTS) is 1. The van der Waals surface area contributed by atoms with Gasteiger partial charge >= 0.3 is 5.97 Å². The van der Waals surface area contributed by atoms with Crippen molar-refractivity contribution in [3.05, 3.63) is 54.1 Å². The molecule has 0 radical (unpaired) electrons. The fourth-order valence-electron chi connectivity index (χ4n) is 1.53. The van der Waals surface area contributed by atoms with Crippen LogP contribution in [-0.4, -0.2) is 19.5 Å². The summed E-state index contributed by atoms with van der Waals surface area (Å²) in [6.07, 6.45) is 0. The summed E-state index contributed by atoms with van der Waals surface area (Å²) in [4.78, 5) is 12.5. The summed E-state index contributed by atoms with van der Waals surface area (Å²) in [5, 5.41) is 13.9. The zero-order valence-corrected chi connectivity index (χ0v) is 11.8. The van der Waals surface area contributed by atoms with Crippen LogP contribution in [0.5, 0.6) is 0 Å². The highest BCUT2D eigenvalue weighted by molar-refractivity contribution is 7.99. The Balaban J connectivity index is 2.22. The van der Waals surface area contributed by atoms with Crippen molar-refractivity contribution in [2.24, 2.45) is 5.14 Å². The predicted octanol–water partition coefficient (Wildman–Crippen LogP) is 2.18. The van der Waals surface area contributed by atoms with Crippen LogP contribution in [0, 0.1) is 0 Å². The Morgan fingerprint density at radius 1 is 1.05 bits per heavy atom. The molecule has 0 amide bonds. The highest BCUT2D eigenvalue weighted by Crippen LogP contribution is 2.28. The van der Waals surface area contributed by atoms with E-state index in [2.05, 4.69) is 0 Å². The van der Waals surface area contributed by atoms with Gasteiger partial charge in [0.2, 0.25) is 10.0 Å². The van der Waals surface area contributed by atoms with Gasteiger partial charge in [-0.1, -0.05) is 17.8 Å². The van der Waals surface area contributed by atoms with Crippen LogP contribution in [0.4, 0.5) is 0 Å². The van der Waals surface area contributed by atoms with Gasteiger partial charge in [-0.3, -0.25) is 0 Å². The van der Waals surface area contributed by atoms with Crippen molar-refractivity contribution < 1.29 is 18.3 Å². The summed E-state index contributed by atoms with van der Waals surface area (Å²) in [6.45, 7) is 0. The van der Waals surface area contributed by atoms with Crippen LogP contribution in [0.1, 0.15) is 10.4 Å². The first kappa shape index (κ1) is 14.6. The van der Waals surface area contributed by atoms with Gasteiger partial charge in [0.1, 0.15) is 0 Å². The topological polar surface area (TPSA) is 97.5 Å². The van der Waals surface area contributed by atoms with Gasteiger partial charge in [-0.15, -0.1) is 0 Å². The number of primary sulfonamides is 1. The number of carboxylic acids is 1. The highest BCUT2D eigenvalue weighted by atomic mass is 32.2. The van der Waals surface area contributed by atoms with Crippen molar-refractivity contribution in [3.63, 3.8) is 0 Å². The molecule has 2 aromatic rings. The van der Waals surface area contributed by atoms with E-state index in [-0.39, 0.29) is 10.5 Å². The van der Waals surface area contributed by atoms with Gasteiger partial charge < -0.3 is 5.11 Å². The summed E-state index contributed by atoms with van der Waals surface area (Å²) < 4.78 is 22.3. The fourth-order valence-corrected chi connectivity index (χ4v) is 2.92. The molecule has 5 nitrogen and oxygen atoms in total. The lowest BCUT2D eigenvalue weighted by Gasteiger charge is -2.04. The van der Waals surface area contributed by atoms with E-state index >= 15 is 0 Å². The standard InChI is InChI=1S/C13H11NO4S2/c14-20(17,18)12-6-4-10(5-7-12)19-11-3-1-2-9(8-11)13(15)16/h1-8H,(H,15,16)(H2,14,17,18). The summed E-state index contributed by atoms with van der Waals surface area (Å²) >= 11 is 1.34. The number of nitrogens with two attached hydrogens (primary N) is 1. The lowest BCUT2D eigenvalue weighted by Crippen LogP contribution is -2.11. The first-order valence-electron chi connectivity index (χ1n) is 5.50. The molecule has 0 unspecified atom stereocenters. The molecular weight excluding hydrogens is 298 g/mol. The van der Waals surface area contributed by atoms with E-state index in [1.54, 1.807) is 30.3 Å². The molecular formula is C13H11NO4S2. The SMILES string of the molecule is NS(=O)(=O)c1ccc(Sc2cccc(C(=O)O)c2)cc1. The van der Waals surface area contributed by atoms with Crippen LogP contribution < -0.4 is 5.14 Å². The third kappa shape index (κ3) is 3.60. The number of sulfonamides is 1. The number of rotatable bonds is 4. The second-order valence-corrected chi connectivity index (χ2v) is 6.66. The second kappa shape index (κ2) is 5.66. The van der Waals surface area contributed by atoms with E-state index in [0.717, 1.165) is 9.79 Å². The van der Waals surface area contributed by atoms with Crippen LogP contribution in [0.2, 0.25) is 0 Å². The van der Waals surface area contributed by atoms with Gasteiger partial charge in [0.15, 0.2) is 0 Å². The van der Waals surface area contributed by atoms with Crippen molar-refractivity contribution >= 4 is 27.8 Å². The molecule has 0 aliphatic heterocycles. The Hall–Kier alpha value is -1.83. The van der Waals surface area contributed by atoms with E-state index in [4.69, 9.17) is 10.2 Å². The van der Waals surface area contributed by atoms with E-state index in [1.165, 1.54) is 30.0 Å². The van der Waals surface area contributed by atoms with Crippen molar-refractivity contribution in [1.29, 1.82) is 0 Å².